The molecule has 0 atom stereocenters. The first-order chi connectivity index (χ1) is 20.5. The molecule has 0 saturated carbocycles. The maximum Gasteiger partial charge on any atom is 0.337 e. The van der Waals surface area contributed by atoms with Crippen molar-refractivity contribution in [3.63, 3.8) is 0 Å². The minimum atomic E-state index is -0.414. The lowest BCUT2D eigenvalue weighted by atomic mass is 10.2. The molecule has 3 heterocycles. The highest BCUT2D eigenvalue weighted by Gasteiger charge is 2.12. The number of ether oxygens (including phenoxy) is 2. The molecule has 0 spiro atoms. The normalized spacial score (nSPS) is 11.5. The molecular weight excluding hydrogens is 550 g/mol. The van der Waals surface area contributed by atoms with Crippen LogP contribution in [0.1, 0.15) is 43.5 Å². The topological polar surface area (TPSA) is 107 Å². The zero-order valence-electron chi connectivity index (χ0n) is 23.5. The Hall–Kier alpha value is -4.80. The van der Waals surface area contributed by atoms with Gasteiger partial charge in [0.25, 0.3) is 0 Å². The van der Waals surface area contributed by atoms with Gasteiger partial charge in [-0.3, -0.25) is 24.7 Å². The summed E-state index contributed by atoms with van der Waals surface area (Å²) in [5.74, 6) is 0.389. The van der Waals surface area contributed by atoms with Gasteiger partial charge in [-0.15, -0.1) is 11.3 Å². The maximum atomic E-state index is 12.0. The van der Waals surface area contributed by atoms with Crippen molar-refractivity contribution < 1.29 is 19.1 Å². The Balaban J connectivity index is 1.44. The number of nitrogens with zero attached hydrogens (tertiary/aromatic N) is 5. The van der Waals surface area contributed by atoms with Crippen LogP contribution in [-0.4, -0.2) is 59.6 Å². The lowest BCUT2D eigenvalue weighted by molar-refractivity contribution is 0.0600. The molecule has 42 heavy (non-hydrogen) atoms. The number of esters is 1. The molecule has 0 unspecified atom stereocenters. The Morgan fingerprint density at radius 2 is 1.76 bits per heavy atom. The largest absolute Gasteiger partial charge is 0.497 e. The van der Waals surface area contributed by atoms with Crippen molar-refractivity contribution in [1.82, 2.24) is 19.9 Å². The van der Waals surface area contributed by atoms with Gasteiger partial charge in [0.1, 0.15) is 17.0 Å². The van der Waals surface area contributed by atoms with E-state index in [2.05, 4.69) is 31.6 Å². The molecule has 4 rings (SSSR count). The van der Waals surface area contributed by atoms with Crippen molar-refractivity contribution in [2.75, 3.05) is 20.8 Å². The number of hydrogen-bond donors (Lipinski definition) is 0. The molecule has 0 aliphatic carbocycles. The molecule has 10 heteroatoms. The quantitative estimate of drug-likeness (QED) is 0.0784. The van der Waals surface area contributed by atoms with Crippen LogP contribution in [0, 0.1) is 0 Å². The van der Waals surface area contributed by atoms with Gasteiger partial charge in [-0.25, -0.2) is 9.78 Å². The summed E-state index contributed by atoms with van der Waals surface area (Å²) in [5.41, 5.74) is 4.24. The number of thiazole rings is 1. The summed E-state index contributed by atoms with van der Waals surface area (Å²) in [5, 5.41) is 0.778. The van der Waals surface area contributed by atoms with Crippen LogP contribution in [-0.2, 0) is 17.8 Å². The molecule has 0 amide bonds. The molecule has 0 N–H and O–H groups in total. The number of hydrogen-bond acceptors (Lipinski definition) is 10. The Morgan fingerprint density at radius 1 is 1.02 bits per heavy atom. The standard InChI is InChI=1S/C32H31N5O4S/c1-33-29(31-36-19-30(42-31)24-8-10-28(40-2)11-9-24)7-5-4-6-16-37(20-26-17-23(22-38)12-14-34-26)21-27-18-25(13-15-35-27)32(39)41-3/h4-5,7-15,17-19,22H,1,6,16,20-21H2,2-3H3/b5-4-,29-7-. The Kier molecular flexibility index (Phi) is 11.0. The van der Waals surface area contributed by atoms with E-state index in [-0.39, 0.29) is 0 Å². The highest BCUT2D eigenvalue weighted by Crippen LogP contribution is 2.31. The van der Waals surface area contributed by atoms with Gasteiger partial charge < -0.3 is 9.47 Å². The van der Waals surface area contributed by atoms with Crippen molar-refractivity contribution in [1.29, 1.82) is 0 Å². The van der Waals surface area contributed by atoms with Crippen LogP contribution in [0.25, 0.3) is 16.1 Å². The van der Waals surface area contributed by atoms with E-state index < -0.39 is 5.97 Å². The van der Waals surface area contributed by atoms with Gasteiger partial charge in [0, 0.05) is 43.8 Å². The van der Waals surface area contributed by atoms with Crippen molar-refractivity contribution in [2.45, 2.75) is 19.5 Å². The Morgan fingerprint density at radius 3 is 2.45 bits per heavy atom. The number of aldehydes is 1. The van der Waals surface area contributed by atoms with Crippen molar-refractivity contribution in [2.24, 2.45) is 4.99 Å². The first-order valence-corrected chi connectivity index (χ1v) is 13.9. The van der Waals surface area contributed by atoms with E-state index in [0.717, 1.165) is 45.3 Å². The van der Waals surface area contributed by atoms with E-state index in [9.17, 15) is 9.59 Å². The number of pyridine rings is 2. The summed E-state index contributed by atoms with van der Waals surface area (Å²) in [6, 6.07) is 14.6. The number of methoxy groups -OCH3 is 2. The molecule has 0 radical (unpaired) electrons. The average Bonchev–Trinajstić information content (AvgIpc) is 3.52. The fourth-order valence-corrected chi connectivity index (χ4v) is 5.03. The number of rotatable bonds is 14. The minimum Gasteiger partial charge on any atom is -0.497 e. The number of carbonyl (C=O) groups excluding carboxylic acids is 2. The predicted octanol–water partition coefficient (Wildman–Crippen LogP) is 5.90. The third-order valence-corrected chi connectivity index (χ3v) is 7.33. The molecule has 0 aliphatic heterocycles. The van der Waals surface area contributed by atoms with Crippen LogP contribution in [0.3, 0.4) is 0 Å². The molecule has 9 nitrogen and oxygen atoms in total. The van der Waals surface area contributed by atoms with E-state index in [4.69, 9.17) is 9.47 Å². The first kappa shape index (κ1) is 30.2. The highest BCUT2D eigenvalue weighted by atomic mass is 32.1. The fourth-order valence-electron chi connectivity index (χ4n) is 4.12. The van der Waals surface area contributed by atoms with Gasteiger partial charge in [0.2, 0.25) is 0 Å². The second-order valence-electron chi connectivity index (χ2n) is 9.12. The third kappa shape index (κ3) is 8.35. The number of benzene rings is 1. The molecule has 4 aromatic rings. The molecule has 0 bridgehead atoms. The SMILES string of the molecule is C=N/C(=C\C=C/CCN(Cc1cc(C=O)ccn1)Cc1cc(C(=O)OC)ccn1)c1ncc(-c2ccc(OC)cc2)s1. The summed E-state index contributed by atoms with van der Waals surface area (Å²) in [6.07, 6.45) is 12.5. The van der Waals surface area contributed by atoms with E-state index in [1.807, 2.05) is 48.7 Å². The van der Waals surface area contributed by atoms with Crippen molar-refractivity contribution in [3.05, 3.63) is 113 Å². The van der Waals surface area contributed by atoms with Crippen molar-refractivity contribution >= 4 is 36.0 Å². The van der Waals surface area contributed by atoms with Crippen LogP contribution < -0.4 is 4.74 Å². The van der Waals surface area contributed by atoms with Gasteiger partial charge in [-0.1, -0.05) is 12.2 Å². The average molecular weight is 582 g/mol. The van der Waals surface area contributed by atoms with Crippen LogP contribution in [0.15, 0.2) is 90.3 Å². The highest BCUT2D eigenvalue weighted by molar-refractivity contribution is 7.16. The third-order valence-electron chi connectivity index (χ3n) is 6.26. The number of allylic oxidation sites excluding steroid dienone is 2. The van der Waals surface area contributed by atoms with Gasteiger partial charge >= 0.3 is 5.97 Å². The predicted molar refractivity (Wildman–Crippen MR) is 165 cm³/mol. The molecule has 0 saturated heterocycles. The molecule has 214 valence electrons. The van der Waals surface area contributed by atoms with E-state index in [1.165, 1.54) is 7.11 Å². The number of aromatic nitrogens is 3. The van der Waals surface area contributed by atoms with E-state index in [0.29, 0.717) is 36.5 Å². The van der Waals surface area contributed by atoms with Crippen molar-refractivity contribution in [3.8, 4) is 16.2 Å². The van der Waals surface area contributed by atoms with Gasteiger partial charge in [0.05, 0.1) is 41.7 Å². The van der Waals surface area contributed by atoms with Gasteiger partial charge in [-0.2, -0.15) is 0 Å². The second-order valence-corrected chi connectivity index (χ2v) is 10.2. The number of aliphatic imine (C=N–C) groups is 1. The van der Waals surface area contributed by atoms with Gasteiger partial charge in [-0.05, 0) is 73.3 Å². The summed E-state index contributed by atoms with van der Waals surface area (Å²) in [4.78, 5) is 44.0. The summed E-state index contributed by atoms with van der Waals surface area (Å²) in [7, 11) is 2.99. The van der Waals surface area contributed by atoms with Crippen LogP contribution >= 0.6 is 11.3 Å². The Bertz CT molecular complexity index is 1580. The minimum absolute atomic E-state index is 0.414. The van der Waals surface area contributed by atoms with Gasteiger partial charge in [0.15, 0.2) is 0 Å². The molecule has 3 aromatic heterocycles. The summed E-state index contributed by atoms with van der Waals surface area (Å²) < 4.78 is 10.1. The lowest BCUT2D eigenvalue weighted by Crippen LogP contribution is -2.25. The van der Waals surface area contributed by atoms with E-state index >= 15 is 0 Å². The van der Waals surface area contributed by atoms with Crippen LogP contribution in [0.2, 0.25) is 0 Å². The van der Waals surface area contributed by atoms with E-state index in [1.54, 1.807) is 55.1 Å². The monoisotopic (exact) mass is 581 g/mol. The zero-order chi connectivity index (χ0) is 29.7. The second kappa shape index (κ2) is 15.3. The summed E-state index contributed by atoms with van der Waals surface area (Å²) >= 11 is 1.54. The smallest absolute Gasteiger partial charge is 0.337 e. The lowest BCUT2D eigenvalue weighted by Gasteiger charge is -2.21. The summed E-state index contributed by atoms with van der Waals surface area (Å²) in [6.45, 7) is 5.38. The maximum absolute atomic E-state index is 12.0. The first-order valence-electron chi connectivity index (χ1n) is 13.1. The Labute approximate surface area is 248 Å². The fraction of sp³-hybridized carbons (Fsp3) is 0.188. The zero-order valence-corrected chi connectivity index (χ0v) is 24.3. The molecule has 1 aromatic carbocycles. The van der Waals surface area contributed by atoms with Crippen LogP contribution in [0.4, 0.5) is 0 Å². The van der Waals surface area contributed by atoms with Crippen LogP contribution in [0.5, 0.6) is 5.75 Å². The molecule has 0 fully saturated rings. The molecule has 0 aliphatic rings. The number of carbonyl (C=O) groups is 2. The molecular formula is C32H31N5O4S.